The number of hydrogen-bond donors (Lipinski definition) is 0. The molecule has 1 rings (SSSR count). The van der Waals surface area contributed by atoms with Gasteiger partial charge in [0.1, 0.15) is 0 Å². The van der Waals surface area contributed by atoms with Crippen molar-refractivity contribution in [3.05, 3.63) is 42.0 Å². The molecule has 4 heteroatoms. The van der Waals surface area contributed by atoms with E-state index in [1.165, 1.54) is 6.08 Å². The van der Waals surface area contributed by atoms with E-state index in [0.717, 1.165) is 5.56 Å². The van der Waals surface area contributed by atoms with Crippen LogP contribution in [0.1, 0.15) is 12.5 Å². The SMILES string of the molecule is CCOC(=O)C(C#N)C(=O)/C=C/c1ccccc1. The van der Waals surface area contributed by atoms with Gasteiger partial charge in [-0.3, -0.25) is 9.59 Å². The van der Waals surface area contributed by atoms with Gasteiger partial charge in [0.15, 0.2) is 5.78 Å². The van der Waals surface area contributed by atoms with Crippen LogP contribution in [0.5, 0.6) is 0 Å². The fourth-order valence-corrected chi connectivity index (χ4v) is 1.30. The molecule has 0 aliphatic heterocycles. The Morgan fingerprint density at radius 3 is 2.61 bits per heavy atom. The highest BCUT2D eigenvalue weighted by Crippen LogP contribution is 2.06. The quantitative estimate of drug-likeness (QED) is 0.450. The molecule has 0 saturated carbocycles. The number of carbonyl (C=O) groups is 2. The Bertz CT molecular complexity index is 486. The highest BCUT2D eigenvalue weighted by molar-refractivity contribution is 6.08. The van der Waals surface area contributed by atoms with E-state index < -0.39 is 17.7 Å². The smallest absolute Gasteiger partial charge is 0.331 e. The third-order valence-corrected chi connectivity index (χ3v) is 2.18. The minimum Gasteiger partial charge on any atom is -0.465 e. The molecule has 1 aromatic rings. The summed E-state index contributed by atoms with van der Waals surface area (Å²) in [6, 6.07) is 10.8. The van der Waals surface area contributed by atoms with Crippen LogP contribution in [-0.2, 0) is 14.3 Å². The van der Waals surface area contributed by atoms with Crippen LogP contribution in [0.15, 0.2) is 36.4 Å². The predicted octanol–water partition coefficient (Wildman–Crippen LogP) is 1.97. The fourth-order valence-electron chi connectivity index (χ4n) is 1.30. The van der Waals surface area contributed by atoms with Gasteiger partial charge < -0.3 is 4.74 Å². The summed E-state index contributed by atoms with van der Waals surface area (Å²) in [5, 5.41) is 8.79. The normalized spacial score (nSPS) is 11.8. The number of carbonyl (C=O) groups excluding carboxylic acids is 2. The first-order chi connectivity index (χ1) is 8.69. The third kappa shape index (κ3) is 3.87. The van der Waals surface area contributed by atoms with Crippen molar-refractivity contribution in [2.24, 2.45) is 5.92 Å². The van der Waals surface area contributed by atoms with Gasteiger partial charge >= 0.3 is 5.97 Å². The lowest BCUT2D eigenvalue weighted by atomic mass is 10.0. The van der Waals surface area contributed by atoms with Crippen LogP contribution in [0.2, 0.25) is 0 Å². The van der Waals surface area contributed by atoms with Gasteiger partial charge in [0.25, 0.3) is 0 Å². The molecule has 0 saturated heterocycles. The molecule has 1 unspecified atom stereocenters. The number of ketones is 1. The lowest BCUT2D eigenvalue weighted by Gasteiger charge is -2.04. The molecule has 18 heavy (non-hydrogen) atoms. The standard InChI is InChI=1S/C14H13NO3/c1-2-18-14(17)12(10-15)13(16)9-8-11-6-4-3-5-7-11/h3-9,12H,2H2,1H3/b9-8+. The van der Waals surface area contributed by atoms with Gasteiger partial charge in [-0.15, -0.1) is 0 Å². The second-order valence-corrected chi connectivity index (χ2v) is 3.46. The zero-order valence-electron chi connectivity index (χ0n) is 10.00. The van der Waals surface area contributed by atoms with Crippen LogP contribution in [0.4, 0.5) is 0 Å². The lowest BCUT2D eigenvalue weighted by molar-refractivity contribution is -0.148. The summed E-state index contributed by atoms with van der Waals surface area (Å²) in [4.78, 5) is 23.0. The number of allylic oxidation sites excluding steroid dienone is 1. The maximum atomic E-state index is 11.7. The van der Waals surface area contributed by atoms with Crippen molar-refractivity contribution in [1.29, 1.82) is 5.26 Å². The summed E-state index contributed by atoms with van der Waals surface area (Å²) in [7, 11) is 0. The Kier molecular flexibility index (Phi) is 5.33. The van der Waals surface area contributed by atoms with Gasteiger partial charge in [-0.05, 0) is 18.6 Å². The molecular formula is C14H13NO3. The van der Waals surface area contributed by atoms with Crippen LogP contribution in [0.25, 0.3) is 6.08 Å². The Balaban J connectivity index is 2.72. The van der Waals surface area contributed by atoms with Crippen molar-refractivity contribution < 1.29 is 14.3 Å². The van der Waals surface area contributed by atoms with Crippen LogP contribution in [0.3, 0.4) is 0 Å². The van der Waals surface area contributed by atoms with Gasteiger partial charge in [-0.2, -0.15) is 5.26 Å². The van der Waals surface area contributed by atoms with E-state index in [-0.39, 0.29) is 6.61 Å². The molecule has 1 atom stereocenters. The lowest BCUT2D eigenvalue weighted by Crippen LogP contribution is -2.23. The molecule has 0 radical (unpaired) electrons. The number of esters is 1. The van der Waals surface area contributed by atoms with Crippen molar-refractivity contribution >= 4 is 17.8 Å². The molecule has 0 aliphatic carbocycles. The molecule has 92 valence electrons. The van der Waals surface area contributed by atoms with E-state index >= 15 is 0 Å². The molecular weight excluding hydrogens is 230 g/mol. The topological polar surface area (TPSA) is 67.2 Å². The summed E-state index contributed by atoms with van der Waals surface area (Å²) >= 11 is 0. The monoisotopic (exact) mass is 243 g/mol. The molecule has 0 bridgehead atoms. The first-order valence-electron chi connectivity index (χ1n) is 5.52. The largest absolute Gasteiger partial charge is 0.465 e. The van der Waals surface area contributed by atoms with E-state index in [4.69, 9.17) is 5.26 Å². The average Bonchev–Trinajstić information content (AvgIpc) is 2.39. The summed E-state index contributed by atoms with van der Waals surface area (Å²) in [6.07, 6.45) is 2.78. The zero-order chi connectivity index (χ0) is 13.4. The first kappa shape index (κ1) is 13.7. The summed E-state index contributed by atoms with van der Waals surface area (Å²) < 4.78 is 4.65. The van der Waals surface area contributed by atoms with Crippen molar-refractivity contribution in [1.82, 2.24) is 0 Å². The maximum Gasteiger partial charge on any atom is 0.331 e. The second-order valence-electron chi connectivity index (χ2n) is 3.46. The van der Waals surface area contributed by atoms with E-state index in [0.29, 0.717) is 0 Å². The Morgan fingerprint density at radius 1 is 1.39 bits per heavy atom. The number of ether oxygens (including phenoxy) is 1. The molecule has 0 aromatic heterocycles. The van der Waals surface area contributed by atoms with Crippen molar-refractivity contribution in [3.63, 3.8) is 0 Å². The van der Waals surface area contributed by atoms with E-state index in [1.54, 1.807) is 19.1 Å². The average molecular weight is 243 g/mol. The fraction of sp³-hybridized carbons (Fsp3) is 0.214. The number of rotatable bonds is 5. The van der Waals surface area contributed by atoms with Crippen molar-refractivity contribution in [2.45, 2.75) is 6.92 Å². The Labute approximate surface area is 105 Å². The third-order valence-electron chi connectivity index (χ3n) is 2.18. The Hall–Kier alpha value is -2.41. The molecule has 0 heterocycles. The van der Waals surface area contributed by atoms with Crippen LogP contribution in [-0.4, -0.2) is 18.4 Å². The molecule has 0 fully saturated rings. The molecule has 0 N–H and O–H groups in total. The molecule has 1 aromatic carbocycles. The number of nitriles is 1. The van der Waals surface area contributed by atoms with Crippen molar-refractivity contribution in [2.75, 3.05) is 6.61 Å². The summed E-state index contributed by atoms with van der Waals surface area (Å²) in [5.41, 5.74) is 0.825. The molecule has 0 spiro atoms. The van der Waals surface area contributed by atoms with Gasteiger partial charge in [-0.25, -0.2) is 0 Å². The van der Waals surface area contributed by atoms with Crippen molar-refractivity contribution in [3.8, 4) is 6.07 Å². The molecule has 0 amide bonds. The second kappa shape index (κ2) is 7.02. The van der Waals surface area contributed by atoms with E-state index in [1.807, 2.05) is 30.3 Å². The van der Waals surface area contributed by atoms with Gasteiger partial charge in [0, 0.05) is 0 Å². The highest BCUT2D eigenvalue weighted by atomic mass is 16.5. The van der Waals surface area contributed by atoms with Crippen LogP contribution in [0, 0.1) is 17.2 Å². The van der Waals surface area contributed by atoms with Crippen LogP contribution >= 0.6 is 0 Å². The van der Waals surface area contributed by atoms with Gasteiger partial charge in [0.05, 0.1) is 12.7 Å². The van der Waals surface area contributed by atoms with E-state index in [2.05, 4.69) is 4.74 Å². The molecule has 4 nitrogen and oxygen atoms in total. The van der Waals surface area contributed by atoms with Crippen LogP contribution < -0.4 is 0 Å². The van der Waals surface area contributed by atoms with E-state index in [9.17, 15) is 9.59 Å². The Morgan fingerprint density at radius 2 is 2.06 bits per heavy atom. The highest BCUT2D eigenvalue weighted by Gasteiger charge is 2.25. The first-order valence-corrected chi connectivity index (χ1v) is 5.52. The molecule has 0 aliphatic rings. The summed E-state index contributed by atoms with van der Waals surface area (Å²) in [6.45, 7) is 1.77. The number of nitrogens with zero attached hydrogens (tertiary/aromatic N) is 1. The number of benzene rings is 1. The number of hydrogen-bond acceptors (Lipinski definition) is 4. The zero-order valence-corrected chi connectivity index (χ0v) is 10.00. The van der Waals surface area contributed by atoms with Gasteiger partial charge in [0.2, 0.25) is 5.92 Å². The minimum atomic E-state index is -1.38. The summed E-state index contributed by atoms with van der Waals surface area (Å²) in [5.74, 6) is -2.76. The maximum absolute atomic E-state index is 11.7. The minimum absolute atomic E-state index is 0.146. The van der Waals surface area contributed by atoms with Gasteiger partial charge in [-0.1, -0.05) is 36.4 Å². The predicted molar refractivity (Wildman–Crippen MR) is 66.2 cm³/mol.